The maximum absolute atomic E-state index is 8.61. The van der Waals surface area contributed by atoms with Gasteiger partial charge in [-0.3, -0.25) is 0 Å². The predicted molar refractivity (Wildman–Crippen MR) is 32.8 cm³/mol. The van der Waals surface area contributed by atoms with Crippen LogP contribution in [0.2, 0.25) is 12.6 Å². The fourth-order valence-corrected chi connectivity index (χ4v) is 1.26. The summed E-state index contributed by atoms with van der Waals surface area (Å²) in [6.07, 6.45) is 3.28. The average molecular weight is 114 g/mol. The standard InChI is InChI=1S/C5H11BO2/c7-5(8)6-3-1-2-4-6/h5,7-8H,1-4H2. The van der Waals surface area contributed by atoms with Crippen LogP contribution in [-0.4, -0.2) is 23.1 Å². The lowest BCUT2D eigenvalue weighted by Gasteiger charge is -2.04. The number of rotatable bonds is 1. The number of hydrogen-bond acceptors (Lipinski definition) is 2. The molecule has 0 amide bonds. The molecule has 2 nitrogen and oxygen atoms in total. The van der Waals surface area contributed by atoms with Crippen molar-refractivity contribution in [3.8, 4) is 0 Å². The molecule has 0 aromatic rings. The highest BCUT2D eigenvalue weighted by Gasteiger charge is 2.25. The first-order valence-corrected chi connectivity index (χ1v) is 3.17. The minimum Gasteiger partial charge on any atom is -0.376 e. The first kappa shape index (κ1) is 6.11. The van der Waals surface area contributed by atoms with E-state index in [2.05, 4.69) is 0 Å². The molecule has 0 aromatic heterocycles. The van der Waals surface area contributed by atoms with Crippen LogP contribution in [0.15, 0.2) is 0 Å². The first-order chi connectivity index (χ1) is 3.80. The van der Waals surface area contributed by atoms with Crippen LogP contribution in [0, 0.1) is 0 Å². The Balaban J connectivity index is 2.24. The van der Waals surface area contributed by atoms with Gasteiger partial charge < -0.3 is 10.2 Å². The molecule has 1 fully saturated rings. The van der Waals surface area contributed by atoms with Gasteiger partial charge in [0.25, 0.3) is 0 Å². The zero-order chi connectivity index (χ0) is 5.98. The third-order valence-corrected chi connectivity index (χ3v) is 1.82. The number of aliphatic hydroxyl groups is 2. The maximum atomic E-state index is 8.61. The summed E-state index contributed by atoms with van der Waals surface area (Å²) in [4.78, 5) is 0. The van der Waals surface area contributed by atoms with Crippen molar-refractivity contribution in [3.05, 3.63) is 0 Å². The van der Waals surface area contributed by atoms with E-state index < -0.39 is 6.19 Å². The molecule has 3 heteroatoms. The van der Waals surface area contributed by atoms with Gasteiger partial charge in [-0.2, -0.15) is 0 Å². The van der Waals surface area contributed by atoms with E-state index in [4.69, 9.17) is 10.2 Å². The Hall–Kier alpha value is -0.0151. The molecule has 1 saturated heterocycles. The van der Waals surface area contributed by atoms with Crippen LogP contribution in [0.25, 0.3) is 0 Å². The summed E-state index contributed by atoms with van der Waals surface area (Å²) in [5.74, 6) is 0. The molecule has 1 heterocycles. The van der Waals surface area contributed by atoms with Crippen LogP contribution in [0.4, 0.5) is 0 Å². The highest BCUT2D eigenvalue weighted by molar-refractivity contribution is 6.60. The summed E-state index contributed by atoms with van der Waals surface area (Å²) < 4.78 is 0. The van der Waals surface area contributed by atoms with E-state index in [9.17, 15) is 0 Å². The summed E-state index contributed by atoms with van der Waals surface area (Å²) in [7, 11) is 0. The van der Waals surface area contributed by atoms with Crippen LogP contribution in [0.5, 0.6) is 0 Å². The van der Waals surface area contributed by atoms with E-state index in [1.807, 2.05) is 0 Å². The molecule has 46 valence electrons. The maximum Gasteiger partial charge on any atom is 0.210 e. The molecular weight excluding hydrogens is 103 g/mol. The van der Waals surface area contributed by atoms with Gasteiger partial charge in [0.1, 0.15) is 6.19 Å². The number of hydrogen-bond donors (Lipinski definition) is 2. The van der Waals surface area contributed by atoms with Crippen LogP contribution >= 0.6 is 0 Å². The topological polar surface area (TPSA) is 40.5 Å². The smallest absolute Gasteiger partial charge is 0.210 e. The third kappa shape index (κ3) is 1.23. The van der Waals surface area contributed by atoms with Gasteiger partial charge in [-0.15, -0.1) is 0 Å². The lowest BCUT2D eigenvalue weighted by molar-refractivity contribution is 0.0254. The lowest BCUT2D eigenvalue weighted by Crippen LogP contribution is -2.26. The SMILES string of the molecule is OC(O)B1CCCC1. The second-order valence-corrected chi connectivity index (χ2v) is 2.46. The zero-order valence-corrected chi connectivity index (χ0v) is 4.88. The molecule has 0 saturated carbocycles. The van der Waals surface area contributed by atoms with E-state index in [0.717, 1.165) is 12.6 Å². The van der Waals surface area contributed by atoms with Gasteiger partial charge in [-0.25, -0.2) is 0 Å². The van der Waals surface area contributed by atoms with Crippen molar-refractivity contribution >= 4 is 6.71 Å². The highest BCUT2D eigenvalue weighted by Crippen LogP contribution is 2.20. The van der Waals surface area contributed by atoms with Crippen molar-refractivity contribution < 1.29 is 10.2 Å². The largest absolute Gasteiger partial charge is 0.376 e. The summed E-state index contributed by atoms with van der Waals surface area (Å²) >= 11 is 0. The minimum atomic E-state index is -1.06. The second-order valence-electron chi connectivity index (χ2n) is 2.46. The van der Waals surface area contributed by atoms with Crippen LogP contribution in [0.1, 0.15) is 12.8 Å². The fourth-order valence-electron chi connectivity index (χ4n) is 1.26. The van der Waals surface area contributed by atoms with Gasteiger partial charge in [0, 0.05) is 0 Å². The van der Waals surface area contributed by atoms with Crippen molar-refractivity contribution in [2.24, 2.45) is 0 Å². The Morgan fingerprint density at radius 3 is 1.88 bits per heavy atom. The van der Waals surface area contributed by atoms with E-state index >= 15 is 0 Å². The average Bonchev–Trinajstić information content (AvgIpc) is 2.12. The molecule has 0 unspecified atom stereocenters. The van der Waals surface area contributed by atoms with Gasteiger partial charge in [0.05, 0.1) is 0 Å². The second kappa shape index (κ2) is 2.51. The van der Waals surface area contributed by atoms with E-state index in [1.165, 1.54) is 12.8 Å². The molecule has 0 bridgehead atoms. The van der Waals surface area contributed by atoms with Crippen molar-refractivity contribution in [1.29, 1.82) is 0 Å². The van der Waals surface area contributed by atoms with E-state index in [1.54, 1.807) is 0 Å². The summed E-state index contributed by atoms with van der Waals surface area (Å²) in [5, 5.41) is 17.2. The Morgan fingerprint density at radius 1 is 1.12 bits per heavy atom. The zero-order valence-electron chi connectivity index (χ0n) is 4.88. The normalized spacial score (nSPS) is 20.6. The first-order valence-electron chi connectivity index (χ1n) is 3.17. The highest BCUT2D eigenvalue weighted by atomic mass is 16.5. The Bertz CT molecular complexity index is 68.8. The molecule has 1 aliphatic heterocycles. The van der Waals surface area contributed by atoms with E-state index in [-0.39, 0.29) is 6.71 Å². The predicted octanol–water partition coefficient (Wildman–Crippen LogP) is 0.125. The van der Waals surface area contributed by atoms with Gasteiger partial charge in [0.2, 0.25) is 6.71 Å². The van der Waals surface area contributed by atoms with Gasteiger partial charge in [-0.05, 0) is 0 Å². The van der Waals surface area contributed by atoms with Crippen LogP contribution < -0.4 is 0 Å². The van der Waals surface area contributed by atoms with Crippen molar-refractivity contribution in [2.75, 3.05) is 0 Å². The Labute approximate surface area is 49.6 Å². The van der Waals surface area contributed by atoms with Crippen molar-refractivity contribution in [1.82, 2.24) is 0 Å². The molecular formula is C5H11BO2. The monoisotopic (exact) mass is 114 g/mol. The minimum absolute atomic E-state index is 0.176. The Morgan fingerprint density at radius 2 is 1.62 bits per heavy atom. The summed E-state index contributed by atoms with van der Waals surface area (Å²) in [5.41, 5.74) is 0. The molecule has 0 atom stereocenters. The molecule has 0 radical (unpaired) electrons. The summed E-state index contributed by atoms with van der Waals surface area (Å²) in [6, 6.07) is 0. The molecule has 1 rings (SSSR count). The van der Waals surface area contributed by atoms with Crippen molar-refractivity contribution in [2.45, 2.75) is 31.7 Å². The molecule has 0 aliphatic carbocycles. The molecule has 1 aliphatic rings. The third-order valence-electron chi connectivity index (χ3n) is 1.82. The van der Waals surface area contributed by atoms with Gasteiger partial charge >= 0.3 is 0 Å². The quantitative estimate of drug-likeness (QED) is 0.375. The van der Waals surface area contributed by atoms with Gasteiger partial charge in [-0.1, -0.05) is 25.5 Å². The molecule has 2 N–H and O–H groups in total. The fraction of sp³-hybridized carbons (Fsp3) is 1.00. The van der Waals surface area contributed by atoms with Gasteiger partial charge in [0.15, 0.2) is 0 Å². The molecule has 0 spiro atoms. The molecule has 8 heavy (non-hydrogen) atoms. The summed E-state index contributed by atoms with van der Waals surface area (Å²) in [6.45, 7) is 0.176. The Kier molecular flexibility index (Phi) is 1.92. The van der Waals surface area contributed by atoms with Crippen molar-refractivity contribution in [3.63, 3.8) is 0 Å². The van der Waals surface area contributed by atoms with Crippen LogP contribution in [0.3, 0.4) is 0 Å². The number of aliphatic hydroxyl groups excluding tert-OH is 1. The lowest BCUT2D eigenvalue weighted by atomic mass is 9.48. The molecule has 0 aromatic carbocycles. The van der Waals surface area contributed by atoms with Crippen LogP contribution in [-0.2, 0) is 0 Å². The van der Waals surface area contributed by atoms with E-state index in [0.29, 0.717) is 0 Å².